The zero-order valence-corrected chi connectivity index (χ0v) is 8.88. The van der Waals surface area contributed by atoms with Gasteiger partial charge in [-0.15, -0.1) is 0 Å². The van der Waals surface area contributed by atoms with Gasteiger partial charge in [-0.3, -0.25) is 9.78 Å². The van der Waals surface area contributed by atoms with E-state index in [0.29, 0.717) is 12.0 Å². The first-order valence-corrected chi connectivity index (χ1v) is 4.81. The molecule has 4 nitrogen and oxygen atoms in total. The monoisotopic (exact) mass is 209 g/mol. The van der Waals surface area contributed by atoms with Crippen LogP contribution in [-0.4, -0.2) is 23.2 Å². The molecule has 0 aliphatic rings. The number of rotatable bonds is 4. The van der Waals surface area contributed by atoms with Crippen LogP contribution in [0.15, 0.2) is 24.5 Å². The summed E-state index contributed by atoms with van der Waals surface area (Å²) in [5, 5.41) is 9.79. The highest BCUT2D eigenvalue weighted by Crippen LogP contribution is 2.20. The topological polar surface area (TPSA) is 59.4 Å². The molecular formula is C11H15NO3. The van der Waals surface area contributed by atoms with Crippen molar-refractivity contribution in [1.82, 2.24) is 4.98 Å². The predicted octanol–water partition coefficient (Wildman–Crippen LogP) is 1.31. The van der Waals surface area contributed by atoms with E-state index in [1.807, 2.05) is 0 Å². The number of aliphatic hydroxyl groups is 1. The number of hydrogen-bond acceptors (Lipinski definition) is 4. The molecule has 0 fully saturated rings. The first-order valence-electron chi connectivity index (χ1n) is 4.81. The second kappa shape index (κ2) is 5.46. The van der Waals surface area contributed by atoms with Gasteiger partial charge in [-0.2, -0.15) is 0 Å². The third-order valence-corrected chi connectivity index (χ3v) is 2.25. The lowest BCUT2D eigenvalue weighted by Crippen LogP contribution is -2.16. The zero-order valence-electron chi connectivity index (χ0n) is 8.88. The van der Waals surface area contributed by atoms with Crippen molar-refractivity contribution >= 4 is 5.97 Å². The average Bonchev–Trinajstić information content (AvgIpc) is 2.29. The minimum atomic E-state index is -0.673. The first-order chi connectivity index (χ1) is 7.15. The zero-order chi connectivity index (χ0) is 11.3. The van der Waals surface area contributed by atoms with Crippen LogP contribution in [0.25, 0.3) is 0 Å². The Morgan fingerprint density at radius 1 is 1.67 bits per heavy atom. The highest BCUT2D eigenvalue weighted by Gasteiger charge is 2.18. The van der Waals surface area contributed by atoms with Crippen LogP contribution in [-0.2, 0) is 9.53 Å². The van der Waals surface area contributed by atoms with E-state index >= 15 is 0 Å². The third kappa shape index (κ3) is 3.32. The lowest BCUT2D eigenvalue weighted by Gasteiger charge is -2.14. The molecule has 15 heavy (non-hydrogen) atoms. The third-order valence-electron chi connectivity index (χ3n) is 2.25. The molecule has 0 bridgehead atoms. The Hall–Kier alpha value is -1.42. The lowest BCUT2D eigenvalue weighted by molar-refractivity contribution is -0.145. The SMILES string of the molecule is COC(=O)C(C)CC(O)c1cccnc1. The van der Waals surface area contributed by atoms with Crippen molar-refractivity contribution in [2.45, 2.75) is 19.4 Å². The molecule has 2 unspecified atom stereocenters. The van der Waals surface area contributed by atoms with E-state index in [0.717, 1.165) is 0 Å². The molecule has 1 aromatic rings. The second-order valence-electron chi connectivity index (χ2n) is 3.46. The summed E-state index contributed by atoms with van der Waals surface area (Å²) in [5.41, 5.74) is 0.716. The van der Waals surface area contributed by atoms with Gasteiger partial charge >= 0.3 is 5.97 Å². The van der Waals surface area contributed by atoms with Gasteiger partial charge in [-0.05, 0) is 18.1 Å². The van der Waals surface area contributed by atoms with Crippen molar-refractivity contribution in [3.63, 3.8) is 0 Å². The van der Waals surface area contributed by atoms with E-state index in [-0.39, 0.29) is 11.9 Å². The van der Waals surface area contributed by atoms with Crippen LogP contribution in [0.2, 0.25) is 0 Å². The fourth-order valence-electron chi connectivity index (χ4n) is 1.34. The number of hydrogen-bond donors (Lipinski definition) is 1. The summed E-state index contributed by atoms with van der Waals surface area (Å²) < 4.78 is 4.58. The van der Waals surface area contributed by atoms with Crippen molar-refractivity contribution in [2.75, 3.05) is 7.11 Å². The molecule has 0 radical (unpaired) electrons. The number of esters is 1. The van der Waals surface area contributed by atoms with Crippen LogP contribution >= 0.6 is 0 Å². The molecule has 4 heteroatoms. The van der Waals surface area contributed by atoms with E-state index in [1.54, 1.807) is 31.5 Å². The van der Waals surface area contributed by atoms with Gasteiger partial charge in [-0.25, -0.2) is 0 Å². The number of methoxy groups -OCH3 is 1. The van der Waals surface area contributed by atoms with Crippen molar-refractivity contribution in [3.8, 4) is 0 Å². The van der Waals surface area contributed by atoms with Gasteiger partial charge in [0.25, 0.3) is 0 Å². The normalized spacial score (nSPS) is 14.3. The fourth-order valence-corrected chi connectivity index (χ4v) is 1.34. The van der Waals surface area contributed by atoms with E-state index in [4.69, 9.17) is 0 Å². The van der Waals surface area contributed by atoms with Crippen molar-refractivity contribution in [3.05, 3.63) is 30.1 Å². The molecule has 0 saturated carbocycles. The van der Waals surface area contributed by atoms with Gasteiger partial charge in [0.05, 0.1) is 19.1 Å². The minimum absolute atomic E-state index is 0.307. The summed E-state index contributed by atoms with van der Waals surface area (Å²) in [6.45, 7) is 1.73. The summed E-state index contributed by atoms with van der Waals surface area (Å²) in [6, 6.07) is 3.53. The summed E-state index contributed by atoms with van der Waals surface area (Å²) >= 11 is 0. The van der Waals surface area contributed by atoms with Crippen molar-refractivity contribution < 1.29 is 14.6 Å². The van der Waals surface area contributed by atoms with Gasteiger partial charge in [0.1, 0.15) is 0 Å². The molecule has 0 amide bonds. The second-order valence-corrected chi connectivity index (χ2v) is 3.46. The largest absolute Gasteiger partial charge is 0.469 e. The van der Waals surface area contributed by atoms with Gasteiger partial charge in [0, 0.05) is 12.4 Å². The molecule has 0 saturated heterocycles. The summed E-state index contributed by atoms with van der Waals surface area (Å²) in [4.78, 5) is 15.0. The molecule has 1 aromatic heterocycles. The Kier molecular flexibility index (Phi) is 4.24. The number of aliphatic hydroxyl groups excluding tert-OH is 1. The van der Waals surface area contributed by atoms with Crippen LogP contribution in [0.3, 0.4) is 0 Å². The number of ether oxygens (including phenoxy) is 1. The highest BCUT2D eigenvalue weighted by atomic mass is 16.5. The number of pyridine rings is 1. The number of carbonyl (C=O) groups excluding carboxylic acids is 1. The highest BCUT2D eigenvalue weighted by molar-refractivity contribution is 5.71. The maximum absolute atomic E-state index is 11.1. The van der Waals surface area contributed by atoms with E-state index in [1.165, 1.54) is 7.11 Å². The van der Waals surface area contributed by atoms with Crippen LogP contribution < -0.4 is 0 Å². The Morgan fingerprint density at radius 3 is 2.93 bits per heavy atom. The smallest absolute Gasteiger partial charge is 0.308 e. The molecular weight excluding hydrogens is 194 g/mol. The predicted molar refractivity (Wildman–Crippen MR) is 55.0 cm³/mol. The Balaban J connectivity index is 2.56. The number of aromatic nitrogens is 1. The Morgan fingerprint density at radius 2 is 2.40 bits per heavy atom. The number of carbonyl (C=O) groups is 1. The summed E-state index contributed by atoms with van der Waals surface area (Å²) in [7, 11) is 1.34. The van der Waals surface area contributed by atoms with Crippen molar-refractivity contribution in [1.29, 1.82) is 0 Å². The molecule has 0 spiro atoms. The van der Waals surface area contributed by atoms with Crippen LogP contribution in [0.1, 0.15) is 25.0 Å². The standard InChI is InChI=1S/C11H15NO3/c1-8(11(14)15-2)6-10(13)9-4-3-5-12-7-9/h3-5,7-8,10,13H,6H2,1-2H3. The van der Waals surface area contributed by atoms with E-state index < -0.39 is 6.10 Å². The first kappa shape index (κ1) is 11.7. The molecule has 0 aromatic carbocycles. The molecule has 1 heterocycles. The Labute approximate surface area is 88.9 Å². The van der Waals surface area contributed by atoms with Crippen LogP contribution in [0, 0.1) is 5.92 Å². The minimum Gasteiger partial charge on any atom is -0.469 e. The van der Waals surface area contributed by atoms with Crippen LogP contribution in [0.5, 0.6) is 0 Å². The van der Waals surface area contributed by atoms with E-state index in [9.17, 15) is 9.90 Å². The van der Waals surface area contributed by atoms with Gasteiger partial charge in [-0.1, -0.05) is 13.0 Å². The van der Waals surface area contributed by atoms with Gasteiger partial charge in [0.2, 0.25) is 0 Å². The fraction of sp³-hybridized carbons (Fsp3) is 0.455. The molecule has 82 valence electrons. The van der Waals surface area contributed by atoms with Gasteiger partial charge in [0.15, 0.2) is 0 Å². The van der Waals surface area contributed by atoms with Crippen LogP contribution in [0.4, 0.5) is 0 Å². The molecule has 1 rings (SSSR count). The lowest BCUT2D eigenvalue weighted by atomic mass is 9.99. The molecule has 0 aliphatic heterocycles. The maximum Gasteiger partial charge on any atom is 0.308 e. The van der Waals surface area contributed by atoms with Gasteiger partial charge < -0.3 is 9.84 Å². The summed E-state index contributed by atoms with van der Waals surface area (Å²) in [5.74, 6) is -0.622. The number of nitrogens with zero attached hydrogens (tertiary/aromatic N) is 1. The maximum atomic E-state index is 11.1. The quantitative estimate of drug-likeness (QED) is 0.760. The average molecular weight is 209 g/mol. The molecule has 1 N–H and O–H groups in total. The summed E-state index contributed by atoms with van der Waals surface area (Å²) in [6.07, 6.45) is 2.90. The van der Waals surface area contributed by atoms with E-state index in [2.05, 4.69) is 9.72 Å². The Bertz CT molecular complexity index is 313. The van der Waals surface area contributed by atoms with Crippen molar-refractivity contribution in [2.24, 2.45) is 5.92 Å². The molecule has 0 aliphatic carbocycles. The molecule has 2 atom stereocenters.